The van der Waals surface area contributed by atoms with Crippen LogP contribution in [0.5, 0.6) is 5.75 Å². The van der Waals surface area contributed by atoms with Crippen LogP contribution in [0.3, 0.4) is 0 Å². The fourth-order valence-electron chi connectivity index (χ4n) is 2.78. The van der Waals surface area contributed by atoms with Crippen molar-refractivity contribution in [1.29, 1.82) is 0 Å². The average Bonchev–Trinajstić information content (AvgIpc) is 3.43. The molecule has 0 fully saturated rings. The zero-order chi connectivity index (χ0) is 21.5. The summed E-state index contributed by atoms with van der Waals surface area (Å²) in [5, 5.41) is 8.15. The van der Waals surface area contributed by atoms with Crippen LogP contribution >= 0.6 is 15.9 Å². The number of hydrogen-bond acceptors (Lipinski definition) is 5. The van der Waals surface area contributed by atoms with Gasteiger partial charge in [0.15, 0.2) is 5.76 Å². The summed E-state index contributed by atoms with van der Waals surface area (Å²) in [5.41, 5.74) is 4.40. The van der Waals surface area contributed by atoms with E-state index in [1.54, 1.807) is 29.2 Å². The van der Waals surface area contributed by atoms with Crippen molar-refractivity contribution in [3.8, 4) is 5.75 Å². The van der Waals surface area contributed by atoms with E-state index in [1.165, 1.54) is 0 Å². The molecule has 4 rings (SSSR count). The smallest absolute Gasteiger partial charge is 0.307 e. The van der Waals surface area contributed by atoms with Crippen LogP contribution in [-0.2, 0) is 13.2 Å². The number of hydrazone groups is 1. The topological polar surface area (TPSA) is 81.6 Å². The summed E-state index contributed by atoms with van der Waals surface area (Å²) in [7, 11) is 0. The highest BCUT2D eigenvalue weighted by molar-refractivity contribution is 9.10. The second-order valence-electron chi connectivity index (χ2n) is 6.66. The average molecular weight is 479 g/mol. The minimum Gasteiger partial charge on any atom is -0.489 e. The van der Waals surface area contributed by atoms with E-state index in [9.17, 15) is 4.79 Å². The molecule has 0 unspecified atom stereocenters. The number of aromatic nitrogens is 2. The molecule has 0 aliphatic rings. The Kier molecular flexibility index (Phi) is 6.59. The largest absolute Gasteiger partial charge is 0.489 e. The van der Waals surface area contributed by atoms with Gasteiger partial charge in [-0.2, -0.15) is 10.2 Å². The van der Waals surface area contributed by atoms with Crippen molar-refractivity contribution in [2.75, 3.05) is 0 Å². The summed E-state index contributed by atoms with van der Waals surface area (Å²) in [6.07, 6.45) is 5.07. The van der Waals surface area contributed by atoms with E-state index in [0.717, 1.165) is 21.3 Å². The molecule has 2 aromatic carbocycles. The summed E-state index contributed by atoms with van der Waals surface area (Å²) in [5.74, 6) is 1.14. The molecule has 0 aliphatic heterocycles. The number of carbonyl (C=O) groups excluding carboxylic acids is 1. The van der Waals surface area contributed by atoms with Crippen molar-refractivity contribution in [3.63, 3.8) is 0 Å². The molecule has 1 N–H and O–H groups in total. The van der Waals surface area contributed by atoms with Crippen LogP contribution in [0, 0.1) is 0 Å². The molecular formula is C23H19BrN4O3. The first-order valence-corrected chi connectivity index (χ1v) is 10.3. The van der Waals surface area contributed by atoms with Gasteiger partial charge in [-0.05, 0) is 63.5 Å². The van der Waals surface area contributed by atoms with E-state index >= 15 is 0 Å². The second-order valence-corrected chi connectivity index (χ2v) is 7.58. The van der Waals surface area contributed by atoms with Crippen LogP contribution in [0.15, 0.2) is 93.1 Å². The van der Waals surface area contributed by atoms with Gasteiger partial charge in [0.2, 0.25) is 0 Å². The maximum absolute atomic E-state index is 12.2. The SMILES string of the molecule is O=C(N/N=C/c1ccc(OCc2ccccc2)cc1)c1ccc(Cn2cc(Br)cn2)o1. The Morgan fingerprint density at radius 3 is 2.68 bits per heavy atom. The van der Waals surface area contributed by atoms with Gasteiger partial charge in [0.1, 0.15) is 18.1 Å². The van der Waals surface area contributed by atoms with Crippen molar-refractivity contribution in [1.82, 2.24) is 15.2 Å². The van der Waals surface area contributed by atoms with Crippen LogP contribution < -0.4 is 10.2 Å². The van der Waals surface area contributed by atoms with Gasteiger partial charge in [0.05, 0.1) is 23.4 Å². The van der Waals surface area contributed by atoms with Crippen molar-refractivity contribution < 1.29 is 13.9 Å². The first kappa shape index (κ1) is 20.6. The molecule has 7 nitrogen and oxygen atoms in total. The van der Waals surface area contributed by atoms with E-state index in [4.69, 9.17) is 9.15 Å². The van der Waals surface area contributed by atoms with Gasteiger partial charge in [0.25, 0.3) is 0 Å². The fourth-order valence-corrected chi connectivity index (χ4v) is 3.11. The molecule has 0 bridgehead atoms. The summed E-state index contributed by atoms with van der Waals surface area (Å²) >= 11 is 3.34. The Hall–Kier alpha value is -3.65. The summed E-state index contributed by atoms with van der Waals surface area (Å²) < 4.78 is 13.9. The molecule has 1 amide bonds. The van der Waals surface area contributed by atoms with Crippen LogP contribution in [0.1, 0.15) is 27.4 Å². The Morgan fingerprint density at radius 1 is 1.13 bits per heavy atom. The van der Waals surface area contributed by atoms with E-state index in [2.05, 4.69) is 31.6 Å². The molecule has 2 heterocycles. The van der Waals surface area contributed by atoms with E-state index in [0.29, 0.717) is 18.9 Å². The predicted octanol–water partition coefficient (Wildman–Crippen LogP) is 4.63. The number of hydrogen-bond donors (Lipinski definition) is 1. The van der Waals surface area contributed by atoms with Gasteiger partial charge in [-0.3, -0.25) is 9.48 Å². The number of carbonyl (C=O) groups is 1. The number of furan rings is 1. The van der Waals surface area contributed by atoms with Gasteiger partial charge >= 0.3 is 5.91 Å². The van der Waals surface area contributed by atoms with Crippen LogP contribution in [0.25, 0.3) is 0 Å². The highest BCUT2D eigenvalue weighted by Crippen LogP contribution is 2.14. The third-order valence-corrected chi connectivity index (χ3v) is 4.72. The predicted molar refractivity (Wildman–Crippen MR) is 120 cm³/mol. The first-order valence-electron chi connectivity index (χ1n) is 9.52. The molecular weight excluding hydrogens is 460 g/mol. The van der Waals surface area contributed by atoms with Crippen molar-refractivity contribution >= 4 is 28.1 Å². The Labute approximate surface area is 187 Å². The highest BCUT2D eigenvalue weighted by atomic mass is 79.9. The quantitative estimate of drug-likeness (QED) is 0.295. The number of benzene rings is 2. The summed E-state index contributed by atoms with van der Waals surface area (Å²) in [4.78, 5) is 12.2. The number of ether oxygens (including phenoxy) is 1. The molecule has 8 heteroatoms. The minimum absolute atomic E-state index is 0.183. The molecule has 0 saturated carbocycles. The third-order valence-electron chi connectivity index (χ3n) is 4.31. The molecule has 2 aromatic heterocycles. The van der Waals surface area contributed by atoms with Crippen LogP contribution in [0.2, 0.25) is 0 Å². The molecule has 31 heavy (non-hydrogen) atoms. The molecule has 0 aliphatic carbocycles. The van der Waals surface area contributed by atoms with Gasteiger partial charge in [-0.25, -0.2) is 5.43 Å². The highest BCUT2D eigenvalue weighted by Gasteiger charge is 2.11. The normalized spacial score (nSPS) is 11.0. The minimum atomic E-state index is -0.424. The molecule has 4 aromatic rings. The fraction of sp³-hybridized carbons (Fsp3) is 0.0870. The number of halogens is 1. The lowest BCUT2D eigenvalue weighted by molar-refractivity contribution is 0.0925. The summed E-state index contributed by atoms with van der Waals surface area (Å²) in [6.45, 7) is 0.938. The maximum Gasteiger partial charge on any atom is 0.307 e. The van der Waals surface area contributed by atoms with E-state index in [1.807, 2.05) is 60.8 Å². The lowest BCUT2D eigenvalue weighted by Gasteiger charge is -2.06. The number of amides is 1. The molecule has 0 atom stereocenters. The van der Waals surface area contributed by atoms with Gasteiger partial charge in [-0.1, -0.05) is 30.3 Å². The van der Waals surface area contributed by atoms with Gasteiger partial charge < -0.3 is 9.15 Å². The lowest BCUT2D eigenvalue weighted by Crippen LogP contribution is -2.16. The number of nitrogens with one attached hydrogen (secondary N) is 1. The van der Waals surface area contributed by atoms with E-state index < -0.39 is 5.91 Å². The van der Waals surface area contributed by atoms with Gasteiger partial charge in [-0.15, -0.1) is 0 Å². The van der Waals surface area contributed by atoms with Crippen molar-refractivity contribution in [3.05, 3.63) is 106 Å². The third kappa shape index (κ3) is 5.93. The molecule has 156 valence electrons. The zero-order valence-corrected chi connectivity index (χ0v) is 18.0. The second kappa shape index (κ2) is 9.90. The zero-order valence-electron chi connectivity index (χ0n) is 16.4. The summed E-state index contributed by atoms with van der Waals surface area (Å²) in [6, 6.07) is 20.8. The number of nitrogens with zero attached hydrogens (tertiary/aromatic N) is 3. The molecule has 0 spiro atoms. The monoisotopic (exact) mass is 478 g/mol. The number of rotatable bonds is 8. The Morgan fingerprint density at radius 2 is 1.94 bits per heavy atom. The van der Waals surface area contributed by atoms with E-state index in [-0.39, 0.29) is 5.76 Å². The molecule has 0 saturated heterocycles. The van der Waals surface area contributed by atoms with Crippen LogP contribution in [-0.4, -0.2) is 21.9 Å². The van der Waals surface area contributed by atoms with Crippen molar-refractivity contribution in [2.24, 2.45) is 5.10 Å². The Bertz CT molecular complexity index is 1170. The van der Waals surface area contributed by atoms with Crippen molar-refractivity contribution in [2.45, 2.75) is 13.2 Å². The standard InChI is InChI=1S/C23H19BrN4O3/c24-19-13-26-28(14-19)15-21-10-11-22(31-21)23(29)27-25-12-17-6-8-20(9-7-17)30-16-18-4-2-1-3-5-18/h1-14H,15-16H2,(H,27,29)/b25-12+. The first-order chi connectivity index (χ1) is 15.2. The van der Waals surface area contributed by atoms with Gasteiger partial charge in [0, 0.05) is 6.20 Å². The maximum atomic E-state index is 12.2. The van der Waals surface area contributed by atoms with Crippen LogP contribution in [0.4, 0.5) is 0 Å². The molecule has 0 radical (unpaired) electrons. The Balaban J connectivity index is 1.26. The lowest BCUT2D eigenvalue weighted by atomic mass is 10.2.